The number of fused-ring (bicyclic) bond motifs is 1. The number of carbonyl (C=O) groups excluding carboxylic acids is 1. The van der Waals surface area contributed by atoms with Gasteiger partial charge in [0.2, 0.25) is 0 Å². The van der Waals surface area contributed by atoms with Gasteiger partial charge < -0.3 is 14.6 Å². The first-order valence-electron chi connectivity index (χ1n) is 6.98. The van der Waals surface area contributed by atoms with E-state index in [0.717, 1.165) is 16.7 Å². The lowest BCUT2D eigenvalue weighted by Gasteiger charge is -2.18. The zero-order valence-electron chi connectivity index (χ0n) is 11.9. The summed E-state index contributed by atoms with van der Waals surface area (Å²) >= 11 is 6.06. The summed E-state index contributed by atoms with van der Waals surface area (Å²) in [7, 11) is 0. The van der Waals surface area contributed by atoms with Crippen molar-refractivity contribution in [3.8, 4) is 28.1 Å². The van der Waals surface area contributed by atoms with Crippen LogP contribution in [0.15, 0.2) is 53.3 Å². The topological polar surface area (TPSA) is 64.4 Å². The Morgan fingerprint density at radius 3 is 2.91 bits per heavy atom. The van der Waals surface area contributed by atoms with E-state index in [0.29, 0.717) is 22.2 Å². The molecule has 1 aliphatic rings. The summed E-state index contributed by atoms with van der Waals surface area (Å²) in [6.45, 7) is 0.0318. The molecule has 0 aliphatic carbocycles. The van der Waals surface area contributed by atoms with E-state index in [4.69, 9.17) is 20.9 Å². The van der Waals surface area contributed by atoms with Crippen LogP contribution < -0.4 is 10.1 Å². The third-order valence-corrected chi connectivity index (χ3v) is 3.83. The van der Waals surface area contributed by atoms with Crippen LogP contribution in [0.5, 0.6) is 5.75 Å². The van der Waals surface area contributed by atoms with E-state index >= 15 is 0 Å². The zero-order valence-corrected chi connectivity index (χ0v) is 12.6. The van der Waals surface area contributed by atoms with E-state index in [-0.39, 0.29) is 12.5 Å². The van der Waals surface area contributed by atoms with E-state index in [9.17, 15) is 4.79 Å². The monoisotopic (exact) mass is 326 g/mol. The molecule has 1 aromatic heterocycles. The molecule has 1 amide bonds. The Balaban J connectivity index is 1.79. The molecule has 0 saturated heterocycles. The van der Waals surface area contributed by atoms with Crippen LogP contribution in [-0.2, 0) is 4.79 Å². The molecular formula is C17H11ClN2O3. The highest BCUT2D eigenvalue weighted by molar-refractivity contribution is 6.30. The van der Waals surface area contributed by atoms with E-state index in [1.807, 2.05) is 36.4 Å². The first-order valence-corrected chi connectivity index (χ1v) is 7.36. The molecule has 6 heteroatoms. The molecule has 0 unspecified atom stereocenters. The second-order valence-corrected chi connectivity index (χ2v) is 5.57. The highest BCUT2D eigenvalue weighted by atomic mass is 35.5. The van der Waals surface area contributed by atoms with E-state index in [2.05, 4.69) is 10.5 Å². The number of nitrogens with one attached hydrogen (secondary N) is 1. The van der Waals surface area contributed by atoms with Crippen LogP contribution >= 0.6 is 11.6 Å². The Morgan fingerprint density at radius 2 is 2.04 bits per heavy atom. The highest BCUT2D eigenvalue weighted by Gasteiger charge is 2.19. The lowest BCUT2D eigenvalue weighted by atomic mass is 10.0. The summed E-state index contributed by atoms with van der Waals surface area (Å²) < 4.78 is 10.5. The van der Waals surface area contributed by atoms with Gasteiger partial charge in [-0.25, -0.2) is 0 Å². The Hall–Kier alpha value is -2.79. The van der Waals surface area contributed by atoms with Gasteiger partial charge in [-0.3, -0.25) is 4.79 Å². The van der Waals surface area contributed by atoms with Crippen molar-refractivity contribution in [2.75, 3.05) is 11.9 Å². The largest absolute Gasteiger partial charge is 0.482 e. The van der Waals surface area contributed by atoms with E-state index in [1.165, 1.54) is 0 Å². The normalized spacial score (nSPS) is 13.2. The molecule has 2 aromatic carbocycles. The maximum Gasteiger partial charge on any atom is 0.262 e. The summed E-state index contributed by atoms with van der Waals surface area (Å²) in [6.07, 6.45) is 1.58. The molecule has 0 spiro atoms. The SMILES string of the molecule is O=C1COc2ccc(-c3nocc3-c3cccc(Cl)c3)cc2N1. The van der Waals surface area contributed by atoms with Crippen molar-refractivity contribution >= 4 is 23.2 Å². The predicted molar refractivity (Wildman–Crippen MR) is 86.5 cm³/mol. The Morgan fingerprint density at radius 1 is 1.13 bits per heavy atom. The van der Waals surface area contributed by atoms with Gasteiger partial charge in [-0.15, -0.1) is 0 Å². The molecular weight excluding hydrogens is 316 g/mol. The maximum absolute atomic E-state index is 11.5. The predicted octanol–water partition coefficient (Wildman–Crippen LogP) is 3.99. The average Bonchev–Trinajstić information content (AvgIpc) is 3.03. The molecule has 114 valence electrons. The van der Waals surface area contributed by atoms with Gasteiger partial charge in [-0.2, -0.15) is 0 Å². The number of aromatic nitrogens is 1. The summed E-state index contributed by atoms with van der Waals surface area (Å²) in [4.78, 5) is 11.5. The fraction of sp³-hybridized carbons (Fsp3) is 0.0588. The van der Waals surface area contributed by atoms with Gasteiger partial charge in [0.1, 0.15) is 17.7 Å². The quantitative estimate of drug-likeness (QED) is 0.773. The number of nitrogens with zero attached hydrogens (tertiary/aromatic N) is 1. The second-order valence-electron chi connectivity index (χ2n) is 5.13. The molecule has 4 rings (SSSR count). The summed E-state index contributed by atoms with van der Waals surface area (Å²) in [5.74, 6) is 0.464. The Bertz CT molecular complexity index is 904. The molecule has 0 saturated carbocycles. The number of ether oxygens (including phenoxy) is 1. The number of anilines is 1. The lowest BCUT2D eigenvalue weighted by molar-refractivity contribution is -0.118. The molecule has 0 fully saturated rings. The van der Waals surface area contributed by atoms with Gasteiger partial charge in [0, 0.05) is 16.1 Å². The third kappa shape index (κ3) is 2.55. The number of halogens is 1. The second kappa shape index (κ2) is 5.44. The van der Waals surface area contributed by atoms with Crippen LogP contribution in [0.4, 0.5) is 5.69 Å². The minimum Gasteiger partial charge on any atom is -0.482 e. The van der Waals surface area contributed by atoms with Crippen LogP contribution in [0.1, 0.15) is 0 Å². The Kier molecular flexibility index (Phi) is 3.28. The molecule has 2 heterocycles. The molecule has 3 aromatic rings. The van der Waals surface area contributed by atoms with Crippen molar-refractivity contribution < 1.29 is 14.1 Å². The molecule has 0 bridgehead atoms. The van der Waals surface area contributed by atoms with Crippen LogP contribution in [-0.4, -0.2) is 17.7 Å². The molecule has 1 N–H and O–H groups in total. The van der Waals surface area contributed by atoms with Crippen LogP contribution in [0.25, 0.3) is 22.4 Å². The first kappa shape index (κ1) is 13.8. The Labute approximate surface area is 136 Å². The van der Waals surface area contributed by atoms with Crippen molar-refractivity contribution in [3.05, 3.63) is 53.8 Å². The van der Waals surface area contributed by atoms with Crippen molar-refractivity contribution in [3.63, 3.8) is 0 Å². The number of hydrogen-bond acceptors (Lipinski definition) is 4. The van der Waals surface area contributed by atoms with E-state index < -0.39 is 0 Å². The zero-order chi connectivity index (χ0) is 15.8. The number of rotatable bonds is 2. The summed E-state index contributed by atoms with van der Waals surface area (Å²) in [6, 6.07) is 13.0. The average molecular weight is 327 g/mol. The number of amides is 1. The molecule has 0 atom stereocenters. The minimum atomic E-state index is -0.176. The highest BCUT2D eigenvalue weighted by Crippen LogP contribution is 2.36. The summed E-state index contributed by atoms with van der Waals surface area (Å²) in [5.41, 5.74) is 3.86. The molecule has 23 heavy (non-hydrogen) atoms. The number of carbonyl (C=O) groups is 1. The van der Waals surface area contributed by atoms with Crippen LogP contribution in [0.3, 0.4) is 0 Å². The lowest BCUT2D eigenvalue weighted by Crippen LogP contribution is -2.25. The maximum atomic E-state index is 11.5. The van der Waals surface area contributed by atoms with Gasteiger partial charge >= 0.3 is 0 Å². The van der Waals surface area contributed by atoms with Gasteiger partial charge in [-0.1, -0.05) is 28.9 Å². The van der Waals surface area contributed by atoms with Crippen molar-refractivity contribution in [1.29, 1.82) is 0 Å². The molecule has 5 nitrogen and oxygen atoms in total. The fourth-order valence-corrected chi connectivity index (χ4v) is 2.73. The smallest absolute Gasteiger partial charge is 0.262 e. The molecule has 1 aliphatic heterocycles. The van der Waals surface area contributed by atoms with Crippen molar-refractivity contribution in [1.82, 2.24) is 5.16 Å². The summed E-state index contributed by atoms with van der Waals surface area (Å²) in [5, 5.41) is 7.52. The van der Waals surface area contributed by atoms with Crippen LogP contribution in [0, 0.1) is 0 Å². The first-order chi connectivity index (χ1) is 11.2. The van der Waals surface area contributed by atoms with E-state index in [1.54, 1.807) is 12.3 Å². The van der Waals surface area contributed by atoms with Crippen molar-refractivity contribution in [2.45, 2.75) is 0 Å². The number of hydrogen-bond donors (Lipinski definition) is 1. The van der Waals surface area contributed by atoms with Gasteiger partial charge in [0.05, 0.1) is 5.69 Å². The number of benzene rings is 2. The van der Waals surface area contributed by atoms with Gasteiger partial charge in [0.15, 0.2) is 6.61 Å². The van der Waals surface area contributed by atoms with Gasteiger partial charge in [0.25, 0.3) is 5.91 Å². The van der Waals surface area contributed by atoms with Crippen molar-refractivity contribution in [2.24, 2.45) is 0 Å². The standard InChI is InChI=1S/C17H11ClN2O3/c18-12-3-1-2-10(6-12)13-8-23-20-17(13)11-4-5-15-14(7-11)19-16(21)9-22-15/h1-8H,9H2,(H,19,21). The van der Waals surface area contributed by atoms with Crippen LogP contribution in [0.2, 0.25) is 5.02 Å². The molecule has 0 radical (unpaired) electrons. The fourth-order valence-electron chi connectivity index (χ4n) is 2.54. The minimum absolute atomic E-state index is 0.0318. The third-order valence-electron chi connectivity index (χ3n) is 3.59. The van der Waals surface area contributed by atoms with Gasteiger partial charge in [-0.05, 0) is 35.9 Å².